The predicted octanol–water partition coefficient (Wildman–Crippen LogP) is 4.11. The van der Waals surface area contributed by atoms with Crippen LogP contribution in [0.5, 0.6) is 5.75 Å². The maximum Gasteiger partial charge on any atom is 0.306 e. The summed E-state index contributed by atoms with van der Waals surface area (Å²) in [5.74, 6) is 0.532. The zero-order valence-corrected chi connectivity index (χ0v) is 14.8. The molecule has 1 heterocycles. The van der Waals surface area contributed by atoms with E-state index in [9.17, 15) is 9.59 Å². The van der Waals surface area contributed by atoms with Gasteiger partial charge in [0, 0.05) is 18.0 Å². The van der Waals surface area contributed by atoms with Gasteiger partial charge in [0.15, 0.2) is 0 Å². The minimum Gasteiger partial charge on any atom is -0.494 e. The van der Waals surface area contributed by atoms with Crippen molar-refractivity contribution < 1.29 is 19.1 Å². The maximum absolute atomic E-state index is 12.2. The van der Waals surface area contributed by atoms with Crippen molar-refractivity contribution in [2.24, 2.45) is 5.92 Å². The molecule has 26 heavy (non-hydrogen) atoms. The van der Waals surface area contributed by atoms with Crippen LogP contribution < -0.4 is 10.1 Å². The van der Waals surface area contributed by atoms with E-state index in [1.165, 1.54) is 0 Å². The van der Waals surface area contributed by atoms with Crippen LogP contribution in [0.4, 0.5) is 5.69 Å². The Morgan fingerprint density at radius 3 is 2.58 bits per heavy atom. The zero-order valence-electron chi connectivity index (χ0n) is 14.8. The highest BCUT2D eigenvalue weighted by Gasteiger charge is 2.35. The fourth-order valence-corrected chi connectivity index (χ4v) is 3.18. The number of rotatable bonds is 7. The molecule has 1 fully saturated rings. The molecule has 1 amide bonds. The second-order valence-corrected chi connectivity index (χ2v) is 6.33. The summed E-state index contributed by atoms with van der Waals surface area (Å²) in [6.45, 7) is 2.53. The number of esters is 1. The molecule has 1 aliphatic rings. The molecule has 2 aromatic rings. The van der Waals surface area contributed by atoms with Crippen molar-refractivity contribution in [3.63, 3.8) is 0 Å². The van der Waals surface area contributed by atoms with Crippen molar-refractivity contribution in [2.45, 2.75) is 32.3 Å². The van der Waals surface area contributed by atoms with Crippen LogP contribution in [0.15, 0.2) is 54.6 Å². The van der Waals surface area contributed by atoms with Crippen molar-refractivity contribution in [3.05, 3.63) is 60.2 Å². The monoisotopic (exact) mass is 353 g/mol. The van der Waals surface area contributed by atoms with Crippen LogP contribution in [-0.2, 0) is 14.3 Å². The Kier molecular flexibility index (Phi) is 5.89. The van der Waals surface area contributed by atoms with Crippen molar-refractivity contribution in [1.29, 1.82) is 0 Å². The predicted molar refractivity (Wildman–Crippen MR) is 98.9 cm³/mol. The van der Waals surface area contributed by atoms with Crippen LogP contribution >= 0.6 is 0 Å². The molecule has 0 aromatic heterocycles. The topological polar surface area (TPSA) is 64.6 Å². The third kappa shape index (κ3) is 4.63. The first-order chi connectivity index (χ1) is 12.7. The zero-order chi connectivity index (χ0) is 18.4. The lowest BCUT2D eigenvalue weighted by Gasteiger charge is -2.17. The SMILES string of the molecule is CCOc1ccc(NC(=O)CC[C@@H]2CC(=O)O[C@@H]2c2ccccc2)cc1. The average molecular weight is 353 g/mol. The van der Waals surface area contributed by atoms with Gasteiger partial charge in [-0.25, -0.2) is 0 Å². The summed E-state index contributed by atoms with van der Waals surface area (Å²) in [6.07, 6.45) is 1.05. The van der Waals surface area contributed by atoms with Gasteiger partial charge in [0.05, 0.1) is 13.0 Å². The van der Waals surface area contributed by atoms with Crippen LogP contribution in [-0.4, -0.2) is 18.5 Å². The number of amides is 1. The first kappa shape index (κ1) is 18.0. The Labute approximate surface area is 153 Å². The molecule has 0 aliphatic carbocycles. The van der Waals surface area contributed by atoms with Crippen LogP contribution in [0.1, 0.15) is 37.9 Å². The summed E-state index contributed by atoms with van der Waals surface area (Å²) >= 11 is 0. The quantitative estimate of drug-likeness (QED) is 0.761. The number of hydrogen-bond donors (Lipinski definition) is 1. The summed E-state index contributed by atoms with van der Waals surface area (Å²) < 4.78 is 10.8. The molecule has 1 aliphatic heterocycles. The molecule has 0 unspecified atom stereocenters. The minimum atomic E-state index is -0.262. The van der Waals surface area contributed by atoms with Gasteiger partial charge in [0.25, 0.3) is 0 Å². The number of hydrogen-bond acceptors (Lipinski definition) is 4. The maximum atomic E-state index is 12.2. The first-order valence-corrected chi connectivity index (χ1v) is 8.93. The van der Waals surface area contributed by atoms with E-state index in [-0.39, 0.29) is 23.9 Å². The third-order valence-electron chi connectivity index (χ3n) is 4.43. The molecule has 0 spiro atoms. The van der Waals surface area contributed by atoms with E-state index in [2.05, 4.69) is 5.32 Å². The minimum absolute atomic E-state index is 0.0241. The second-order valence-electron chi connectivity index (χ2n) is 6.33. The Balaban J connectivity index is 1.54. The molecule has 0 radical (unpaired) electrons. The van der Waals surface area contributed by atoms with Crippen molar-refractivity contribution in [1.82, 2.24) is 0 Å². The lowest BCUT2D eigenvalue weighted by molar-refractivity contribution is -0.141. The van der Waals surface area contributed by atoms with Gasteiger partial charge in [-0.15, -0.1) is 0 Å². The standard InChI is InChI=1S/C21H23NO4/c1-2-25-18-11-9-17(10-12-18)22-19(23)13-8-16-14-20(24)26-21(16)15-6-4-3-5-7-15/h3-7,9-12,16,21H,2,8,13-14H2,1H3,(H,22,23)/t16-,21-/m1/s1. The van der Waals surface area contributed by atoms with Crippen LogP contribution in [0.25, 0.3) is 0 Å². The molecule has 0 saturated carbocycles. The number of benzene rings is 2. The Bertz CT molecular complexity index is 742. The molecule has 5 nitrogen and oxygen atoms in total. The highest BCUT2D eigenvalue weighted by Crippen LogP contribution is 2.38. The summed E-state index contributed by atoms with van der Waals surface area (Å²) in [4.78, 5) is 24.0. The molecule has 3 rings (SSSR count). The summed E-state index contributed by atoms with van der Waals surface area (Å²) in [5.41, 5.74) is 1.71. The largest absolute Gasteiger partial charge is 0.494 e. The van der Waals surface area contributed by atoms with Gasteiger partial charge in [-0.05, 0) is 43.2 Å². The average Bonchev–Trinajstić information content (AvgIpc) is 3.03. The number of carbonyl (C=O) groups is 2. The van der Waals surface area contributed by atoms with Gasteiger partial charge in [-0.2, -0.15) is 0 Å². The summed E-state index contributed by atoms with van der Waals surface area (Å²) in [7, 11) is 0. The summed E-state index contributed by atoms with van der Waals surface area (Å²) in [6, 6.07) is 17.0. The van der Waals surface area contributed by atoms with Crippen LogP contribution in [0.2, 0.25) is 0 Å². The normalized spacial score (nSPS) is 19.0. The van der Waals surface area contributed by atoms with E-state index in [1.807, 2.05) is 61.5 Å². The lowest BCUT2D eigenvalue weighted by Crippen LogP contribution is -2.15. The number of nitrogens with one attached hydrogen (secondary N) is 1. The molecule has 1 saturated heterocycles. The Morgan fingerprint density at radius 2 is 1.88 bits per heavy atom. The number of carbonyl (C=O) groups excluding carboxylic acids is 2. The fraction of sp³-hybridized carbons (Fsp3) is 0.333. The van der Waals surface area contributed by atoms with Crippen LogP contribution in [0, 0.1) is 5.92 Å². The van der Waals surface area contributed by atoms with E-state index in [4.69, 9.17) is 9.47 Å². The van der Waals surface area contributed by atoms with Gasteiger partial charge >= 0.3 is 5.97 Å². The van der Waals surface area contributed by atoms with Gasteiger partial charge < -0.3 is 14.8 Å². The van der Waals surface area contributed by atoms with Crippen molar-refractivity contribution >= 4 is 17.6 Å². The smallest absolute Gasteiger partial charge is 0.306 e. The number of cyclic esters (lactones) is 1. The molecule has 5 heteroatoms. The molecule has 2 atom stereocenters. The highest BCUT2D eigenvalue weighted by atomic mass is 16.5. The molecular weight excluding hydrogens is 330 g/mol. The molecule has 1 N–H and O–H groups in total. The molecule has 2 aromatic carbocycles. The van der Waals surface area contributed by atoms with E-state index in [0.717, 1.165) is 17.0 Å². The number of anilines is 1. The highest BCUT2D eigenvalue weighted by molar-refractivity contribution is 5.90. The van der Waals surface area contributed by atoms with E-state index in [0.29, 0.717) is 25.9 Å². The molecule has 0 bridgehead atoms. The first-order valence-electron chi connectivity index (χ1n) is 8.93. The summed E-state index contributed by atoms with van der Waals surface area (Å²) in [5, 5.41) is 2.88. The van der Waals surface area contributed by atoms with Crippen molar-refractivity contribution in [3.8, 4) is 5.75 Å². The van der Waals surface area contributed by atoms with E-state index >= 15 is 0 Å². The lowest BCUT2D eigenvalue weighted by atomic mass is 9.91. The molecular formula is C21H23NO4. The van der Waals surface area contributed by atoms with Crippen LogP contribution in [0.3, 0.4) is 0 Å². The van der Waals surface area contributed by atoms with E-state index in [1.54, 1.807) is 0 Å². The Morgan fingerprint density at radius 1 is 1.15 bits per heavy atom. The van der Waals surface area contributed by atoms with Crippen molar-refractivity contribution in [2.75, 3.05) is 11.9 Å². The van der Waals surface area contributed by atoms with E-state index < -0.39 is 0 Å². The molecule has 136 valence electrons. The Hall–Kier alpha value is -2.82. The van der Waals surface area contributed by atoms with Gasteiger partial charge in [-0.1, -0.05) is 30.3 Å². The third-order valence-corrected chi connectivity index (χ3v) is 4.43. The fourth-order valence-electron chi connectivity index (χ4n) is 3.18. The van der Waals surface area contributed by atoms with Gasteiger partial charge in [0.2, 0.25) is 5.91 Å². The second kappa shape index (κ2) is 8.52. The number of ether oxygens (including phenoxy) is 2. The van der Waals surface area contributed by atoms with Gasteiger partial charge in [0.1, 0.15) is 11.9 Å². The van der Waals surface area contributed by atoms with Gasteiger partial charge in [-0.3, -0.25) is 9.59 Å².